The van der Waals surface area contributed by atoms with Crippen LogP contribution in [0.3, 0.4) is 0 Å². The van der Waals surface area contributed by atoms with Crippen LogP contribution in [-0.2, 0) is 0 Å². The number of aromatic nitrogens is 2. The summed E-state index contributed by atoms with van der Waals surface area (Å²) in [5, 5.41) is 0.426. The third-order valence-corrected chi connectivity index (χ3v) is 3.73. The maximum atomic E-state index is 13.5. The monoisotopic (exact) mass is 322 g/mol. The van der Waals surface area contributed by atoms with E-state index in [0.717, 1.165) is 11.0 Å². The highest BCUT2D eigenvalue weighted by atomic mass is 35.5. The summed E-state index contributed by atoms with van der Waals surface area (Å²) in [7, 11) is 0. The van der Waals surface area contributed by atoms with E-state index in [4.69, 9.17) is 28.6 Å². The number of para-hydroxylation sites is 1. The van der Waals surface area contributed by atoms with Crippen LogP contribution in [0, 0.1) is 10.6 Å². The van der Waals surface area contributed by atoms with Crippen molar-refractivity contribution < 1.29 is 9.13 Å². The summed E-state index contributed by atoms with van der Waals surface area (Å²) in [6, 6.07) is 9.79. The molecule has 0 saturated carbocycles. The van der Waals surface area contributed by atoms with E-state index in [0.29, 0.717) is 27.8 Å². The van der Waals surface area contributed by atoms with Gasteiger partial charge in [-0.3, -0.25) is 4.57 Å². The molecule has 0 aliphatic carbocycles. The molecular weight excluding hydrogens is 311 g/mol. The predicted molar refractivity (Wildman–Crippen MR) is 84.6 cm³/mol. The van der Waals surface area contributed by atoms with Gasteiger partial charge in [0.25, 0.3) is 0 Å². The predicted octanol–water partition coefficient (Wildman–Crippen LogP) is 4.88. The van der Waals surface area contributed by atoms with Gasteiger partial charge >= 0.3 is 0 Å². The lowest BCUT2D eigenvalue weighted by atomic mass is 10.2. The minimum atomic E-state index is -0.369. The second kappa shape index (κ2) is 5.50. The number of aromatic amines is 1. The molecule has 0 atom stereocenters. The number of nitrogens with one attached hydrogen (secondary N) is 1. The SMILES string of the molecule is CCOc1cccc2c1[nH]c(=S)n2-c1cc(F)ccc1Cl. The molecular formula is C15H12ClFN2OS. The highest BCUT2D eigenvalue weighted by molar-refractivity contribution is 7.71. The Morgan fingerprint density at radius 1 is 1.33 bits per heavy atom. The molecule has 6 heteroatoms. The van der Waals surface area contributed by atoms with Crippen LogP contribution in [-0.4, -0.2) is 16.2 Å². The van der Waals surface area contributed by atoms with Crippen LogP contribution in [0.1, 0.15) is 6.92 Å². The van der Waals surface area contributed by atoms with E-state index in [9.17, 15) is 4.39 Å². The highest BCUT2D eigenvalue weighted by Gasteiger charge is 2.13. The largest absolute Gasteiger partial charge is 0.492 e. The van der Waals surface area contributed by atoms with Crippen LogP contribution in [0.25, 0.3) is 16.7 Å². The molecule has 0 aliphatic heterocycles. The number of halogens is 2. The van der Waals surface area contributed by atoms with Crippen molar-refractivity contribution in [1.29, 1.82) is 0 Å². The lowest BCUT2D eigenvalue weighted by Crippen LogP contribution is -1.96. The number of benzene rings is 2. The first kappa shape index (κ1) is 14.1. The van der Waals surface area contributed by atoms with Gasteiger partial charge in [-0.1, -0.05) is 17.7 Å². The minimum Gasteiger partial charge on any atom is -0.492 e. The zero-order valence-electron chi connectivity index (χ0n) is 11.2. The van der Waals surface area contributed by atoms with Gasteiger partial charge in [-0.05, 0) is 49.5 Å². The van der Waals surface area contributed by atoms with Gasteiger partial charge in [-0.25, -0.2) is 4.39 Å². The number of fused-ring (bicyclic) bond motifs is 1. The molecule has 1 aromatic heterocycles. The molecule has 3 nitrogen and oxygen atoms in total. The molecule has 0 fully saturated rings. The Morgan fingerprint density at radius 2 is 2.14 bits per heavy atom. The quantitative estimate of drug-likeness (QED) is 0.696. The summed E-state index contributed by atoms with van der Waals surface area (Å²) in [6.45, 7) is 2.46. The van der Waals surface area contributed by atoms with E-state index in [1.165, 1.54) is 18.2 Å². The topological polar surface area (TPSA) is 29.9 Å². The zero-order valence-corrected chi connectivity index (χ0v) is 12.8. The van der Waals surface area contributed by atoms with E-state index >= 15 is 0 Å². The fourth-order valence-electron chi connectivity index (χ4n) is 2.28. The summed E-state index contributed by atoms with van der Waals surface area (Å²) in [6.07, 6.45) is 0. The van der Waals surface area contributed by atoms with Gasteiger partial charge in [0.05, 0.1) is 22.8 Å². The third kappa shape index (κ3) is 2.43. The second-order valence-corrected chi connectivity index (χ2v) is 5.24. The highest BCUT2D eigenvalue weighted by Crippen LogP contribution is 2.30. The molecule has 21 heavy (non-hydrogen) atoms. The molecule has 108 valence electrons. The molecule has 0 spiro atoms. The first-order chi connectivity index (χ1) is 10.1. The van der Waals surface area contributed by atoms with Gasteiger partial charge in [0.1, 0.15) is 17.1 Å². The number of imidazole rings is 1. The molecule has 0 amide bonds. The molecule has 0 saturated heterocycles. The molecule has 2 aromatic carbocycles. The Kier molecular flexibility index (Phi) is 3.69. The zero-order chi connectivity index (χ0) is 15.0. The maximum Gasteiger partial charge on any atom is 0.182 e. The number of hydrogen-bond donors (Lipinski definition) is 1. The first-order valence-corrected chi connectivity index (χ1v) is 7.22. The van der Waals surface area contributed by atoms with Gasteiger partial charge in [0.2, 0.25) is 0 Å². The van der Waals surface area contributed by atoms with Gasteiger partial charge in [-0.15, -0.1) is 0 Å². The van der Waals surface area contributed by atoms with Crippen LogP contribution >= 0.6 is 23.8 Å². The molecule has 1 heterocycles. The summed E-state index contributed by atoms with van der Waals surface area (Å²) < 4.78 is 21.3. The molecule has 0 radical (unpaired) electrons. The molecule has 0 unspecified atom stereocenters. The van der Waals surface area contributed by atoms with Crippen molar-refractivity contribution in [3.63, 3.8) is 0 Å². The normalized spacial score (nSPS) is 11.0. The molecule has 3 rings (SSSR count). The van der Waals surface area contributed by atoms with Crippen LogP contribution in [0.5, 0.6) is 5.75 Å². The van der Waals surface area contributed by atoms with Crippen LogP contribution in [0.15, 0.2) is 36.4 Å². The Balaban J connectivity index is 2.33. The Morgan fingerprint density at radius 3 is 2.90 bits per heavy atom. The van der Waals surface area contributed by atoms with Gasteiger partial charge < -0.3 is 9.72 Å². The van der Waals surface area contributed by atoms with E-state index in [1.807, 2.05) is 25.1 Å². The summed E-state index contributed by atoms with van der Waals surface area (Å²) >= 11 is 11.5. The van der Waals surface area contributed by atoms with E-state index in [-0.39, 0.29) is 5.82 Å². The average Bonchev–Trinajstić information content (AvgIpc) is 2.79. The second-order valence-electron chi connectivity index (χ2n) is 4.44. The van der Waals surface area contributed by atoms with Gasteiger partial charge in [0.15, 0.2) is 4.77 Å². The molecule has 3 aromatic rings. The number of rotatable bonds is 3. The van der Waals surface area contributed by atoms with Crippen molar-refractivity contribution in [2.24, 2.45) is 0 Å². The summed E-state index contributed by atoms with van der Waals surface area (Å²) in [5.41, 5.74) is 2.06. The fourth-order valence-corrected chi connectivity index (χ4v) is 2.78. The number of H-pyrrole nitrogens is 1. The fraction of sp³-hybridized carbons (Fsp3) is 0.133. The van der Waals surface area contributed by atoms with Crippen LogP contribution in [0.2, 0.25) is 5.02 Å². The van der Waals surface area contributed by atoms with Crippen molar-refractivity contribution in [3.8, 4) is 11.4 Å². The lowest BCUT2D eigenvalue weighted by Gasteiger charge is -2.08. The van der Waals surface area contributed by atoms with Crippen molar-refractivity contribution in [2.45, 2.75) is 6.92 Å². The minimum absolute atomic E-state index is 0.369. The van der Waals surface area contributed by atoms with Crippen LogP contribution in [0.4, 0.5) is 4.39 Å². The Bertz CT molecular complexity index is 872. The van der Waals surface area contributed by atoms with Crippen molar-refractivity contribution in [2.75, 3.05) is 6.61 Å². The van der Waals surface area contributed by atoms with Crippen LogP contribution < -0.4 is 4.74 Å². The molecule has 0 aliphatic rings. The number of ether oxygens (including phenoxy) is 1. The van der Waals surface area contributed by atoms with E-state index < -0.39 is 0 Å². The Hall–Kier alpha value is -1.85. The smallest absolute Gasteiger partial charge is 0.182 e. The van der Waals surface area contributed by atoms with Crippen molar-refractivity contribution in [1.82, 2.24) is 9.55 Å². The average molecular weight is 323 g/mol. The first-order valence-electron chi connectivity index (χ1n) is 6.43. The van der Waals surface area contributed by atoms with Crippen molar-refractivity contribution in [3.05, 3.63) is 52.0 Å². The maximum absolute atomic E-state index is 13.5. The third-order valence-electron chi connectivity index (χ3n) is 3.13. The van der Waals surface area contributed by atoms with Gasteiger partial charge in [0, 0.05) is 0 Å². The van der Waals surface area contributed by atoms with E-state index in [2.05, 4.69) is 4.98 Å². The molecule has 1 N–H and O–H groups in total. The van der Waals surface area contributed by atoms with E-state index in [1.54, 1.807) is 4.57 Å². The number of hydrogen-bond acceptors (Lipinski definition) is 2. The van der Waals surface area contributed by atoms with Gasteiger partial charge in [-0.2, -0.15) is 0 Å². The number of nitrogens with zero attached hydrogens (tertiary/aromatic N) is 1. The lowest BCUT2D eigenvalue weighted by molar-refractivity contribution is 0.343. The summed E-state index contributed by atoms with van der Waals surface area (Å²) in [5.74, 6) is 0.332. The Labute approximate surface area is 130 Å². The van der Waals surface area contributed by atoms with Crippen molar-refractivity contribution >= 4 is 34.9 Å². The summed E-state index contributed by atoms with van der Waals surface area (Å²) in [4.78, 5) is 3.10. The standard InChI is InChI=1S/C15H12ClFN2OS/c1-2-20-13-5-3-4-11-14(13)18-15(21)19(11)12-8-9(17)6-7-10(12)16/h3-8H,2H2,1H3,(H,18,21). The molecule has 0 bridgehead atoms.